The lowest BCUT2D eigenvalue weighted by Gasteiger charge is -2.28. The second kappa shape index (κ2) is 12.4. The van der Waals surface area contributed by atoms with Gasteiger partial charge in [-0.15, -0.1) is 0 Å². The Morgan fingerprint density at radius 1 is 1.17 bits per heavy atom. The van der Waals surface area contributed by atoms with Gasteiger partial charge in [0.15, 0.2) is 0 Å². The maximum atomic E-state index is 12.8. The van der Waals surface area contributed by atoms with Gasteiger partial charge in [-0.1, -0.05) is 49.8 Å². The van der Waals surface area contributed by atoms with Gasteiger partial charge in [-0.3, -0.25) is 10.1 Å². The third-order valence-electron chi connectivity index (χ3n) is 4.09. The van der Waals surface area contributed by atoms with Crippen LogP contribution in [0.3, 0.4) is 0 Å². The van der Waals surface area contributed by atoms with Gasteiger partial charge >= 0.3 is 5.97 Å². The first-order valence-corrected chi connectivity index (χ1v) is 9.98. The Bertz CT molecular complexity index is 655. The van der Waals surface area contributed by atoms with Crippen LogP contribution in [-0.4, -0.2) is 46.2 Å². The van der Waals surface area contributed by atoms with E-state index in [0.29, 0.717) is 19.3 Å². The zero-order valence-electron chi connectivity index (χ0n) is 17.7. The number of rotatable bonds is 12. The first kappa shape index (κ1) is 24.8. The predicted molar refractivity (Wildman–Crippen MR) is 112 cm³/mol. The van der Waals surface area contributed by atoms with Crippen LogP contribution in [0.2, 0.25) is 0 Å². The van der Waals surface area contributed by atoms with E-state index >= 15 is 0 Å². The molecule has 1 unspecified atom stereocenters. The van der Waals surface area contributed by atoms with Crippen molar-refractivity contribution in [2.45, 2.75) is 77.5 Å². The van der Waals surface area contributed by atoms with E-state index in [-0.39, 0.29) is 5.91 Å². The molecule has 7 heteroatoms. The van der Waals surface area contributed by atoms with E-state index in [4.69, 9.17) is 9.84 Å². The van der Waals surface area contributed by atoms with Crippen LogP contribution in [0.25, 0.3) is 0 Å². The standard InChI is InChI=1S/C22H34N2O5/c1-5-9-18(24-21(28)29-22(2,3)4)20(27)23-17(14-15-19(25)26)13-12-16-10-7-6-8-11-16/h6-8,10-11,14-15,17-18,21,24,28H,5,9,12-13H2,1-4H3,(H,23,27)(H,25,26)/b15-14+/t17-,18-,21?/m0/s1. The lowest BCUT2D eigenvalue weighted by molar-refractivity contribution is -0.187. The lowest BCUT2D eigenvalue weighted by atomic mass is 10.0. The van der Waals surface area contributed by atoms with Crippen LogP contribution in [0.4, 0.5) is 0 Å². The van der Waals surface area contributed by atoms with Gasteiger partial charge in [0.1, 0.15) is 0 Å². The summed E-state index contributed by atoms with van der Waals surface area (Å²) in [6, 6.07) is 8.68. The molecule has 0 bridgehead atoms. The summed E-state index contributed by atoms with van der Waals surface area (Å²) in [6.45, 7) is 7.37. The number of carboxylic acid groups (broad SMARTS) is 1. The average Bonchev–Trinajstić information content (AvgIpc) is 2.62. The molecule has 4 N–H and O–H groups in total. The summed E-state index contributed by atoms with van der Waals surface area (Å²) >= 11 is 0. The van der Waals surface area contributed by atoms with Crippen LogP contribution < -0.4 is 10.6 Å². The number of benzene rings is 1. The van der Waals surface area contributed by atoms with E-state index in [2.05, 4.69) is 10.6 Å². The van der Waals surface area contributed by atoms with Crippen LogP contribution in [0.5, 0.6) is 0 Å². The molecule has 0 saturated heterocycles. The van der Waals surface area contributed by atoms with Crippen molar-refractivity contribution < 1.29 is 24.5 Å². The Kier molecular flexibility index (Phi) is 10.6. The highest BCUT2D eigenvalue weighted by atomic mass is 16.6. The van der Waals surface area contributed by atoms with Gasteiger partial charge in [-0.2, -0.15) is 0 Å². The summed E-state index contributed by atoms with van der Waals surface area (Å²) in [5.74, 6) is -1.38. The van der Waals surface area contributed by atoms with Crippen molar-refractivity contribution in [1.29, 1.82) is 0 Å². The molecule has 1 aromatic rings. The fourth-order valence-corrected chi connectivity index (χ4v) is 2.78. The third-order valence-corrected chi connectivity index (χ3v) is 4.09. The molecule has 0 aliphatic heterocycles. The molecule has 1 rings (SSSR count). The molecule has 3 atom stereocenters. The second-order valence-corrected chi connectivity index (χ2v) is 7.93. The van der Waals surface area contributed by atoms with Gasteiger partial charge in [-0.05, 0) is 45.6 Å². The zero-order valence-corrected chi connectivity index (χ0v) is 17.7. The molecule has 0 radical (unpaired) electrons. The number of aliphatic carboxylic acids is 1. The number of aliphatic hydroxyl groups excluding tert-OH is 1. The molecule has 0 aromatic heterocycles. The first-order chi connectivity index (χ1) is 13.6. The minimum Gasteiger partial charge on any atom is -0.478 e. The van der Waals surface area contributed by atoms with Crippen molar-refractivity contribution in [2.75, 3.05) is 0 Å². The molecular weight excluding hydrogens is 372 g/mol. The smallest absolute Gasteiger partial charge is 0.328 e. The van der Waals surface area contributed by atoms with Gasteiger partial charge in [0.2, 0.25) is 12.3 Å². The monoisotopic (exact) mass is 406 g/mol. The normalized spacial score (nSPS) is 15.1. The number of nitrogens with one attached hydrogen (secondary N) is 2. The van der Waals surface area contributed by atoms with Gasteiger partial charge in [0, 0.05) is 12.1 Å². The largest absolute Gasteiger partial charge is 0.478 e. The number of ether oxygens (including phenoxy) is 1. The third kappa shape index (κ3) is 11.4. The molecule has 0 aliphatic carbocycles. The van der Waals surface area contributed by atoms with E-state index in [1.165, 1.54) is 6.08 Å². The number of aliphatic hydroxyl groups is 1. The SMILES string of the molecule is CCC[C@H](NC(O)OC(C)(C)C)C(=O)N[C@H](/C=C/C(=O)O)CCc1ccccc1. The number of hydrogen-bond donors (Lipinski definition) is 4. The molecule has 0 aliphatic rings. The van der Waals surface area contributed by atoms with Crippen LogP contribution in [0.1, 0.15) is 52.5 Å². The molecule has 0 heterocycles. The summed E-state index contributed by atoms with van der Waals surface area (Å²) in [6.07, 6.45) is 3.72. The summed E-state index contributed by atoms with van der Waals surface area (Å²) in [5, 5.41) is 24.7. The van der Waals surface area contributed by atoms with Crippen molar-refractivity contribution >= 4 is 11.9 Å². The van der Waals surface area contributed by atoms with E-state index in [9.17, 15) is 14.7 Å². The number of aryl methyl sites for hydroxylation is 1. The number of carbonyl (C=O) groups excluding carboxylic acids is 1. The van der Waals surface area contributed by atoms with Gasteiger partial charge in [0.25, 0.3) is 0 Å². The Morgan fingerprint density at radius 2 is 1.83 bits per heavy atom. The Hall–Kier alpha value is -2.22. The van der Waals surface area contributed by atoms with E-state index in [1.807, 2.05) is 58.0 Å². The van der Waals surface area contributed by atoms with E-state index < -0.39 is 30.1 Å². The molecule has 0 fully saturated rings. The van der Waals surface area contributed by atoms with E-state index in [1.54, 1.807) is 0 Å². The van der Waals surface area contributed by atoms with Crippen LogP contribution in [0, 0.1) is 0 Å². The molecule has 0 saturated carbocycles. The fraction of sp³-hybridized carbons (Fsp3) is 0.545. The number of hydrogen-bond acceptors (Lipinski definition) is 5. The highest BCUT2D eigenvalue weighted by Gasteiger charge is 2.25. The van der Waals surface area contributed by atoms with Gasteiger partial charge in [-0.25, -0.2) is 4.79 Å². The summed E-state index contributed by atoms with van der Waals surface area (Å²) in [7, 11) is 0. The second-order valence-electron chi connectivity index (χ2n) is 7.93. The summed E-state index contributed by atoms with van der Waals surface area (Å²) in [5.41, 5.74) is 0.537. The lowest BCUT2D eigenvalue weighted by Crippen LogP contribution is -2.52. The van der Waals surface area contributed by atoms with Crippen LogP contribution in [-0.2, 0) is 20.7 Å². The summed E-state index contributed by atoms with van der Waals surface area (Å²) in [4.78, 5) is 23.7. The average molecular weight is 407 g/mol. The van der Waals surface area contributed by atoms with Gasteiger partial charge in [0.05, 0.1) is 11.6 Å². The topological polar surface area (TPSA) is 108 Å². The molecule has 1 aromatic carbocycles. The Morgan fingerprint density at radius 3 is 2.38 bits per heavy atom. The number of amides is 1. The Balaban J connectivity index is 2.78. The molecule has 7 nitrogen and oxygen atoms in total. The minimum atomic E-state index is -1.28. The van der Waals surface area contributed by atoms with Gasteiger partial charge < -0.3 is 20.3 Å². The highest BCUT2D eigenvalue weighted by Crippen LogP contribution is 2.11. The maximum Gasteiger partial charge on any atom is 0.328 e. The number of carbonyl (C=O) groups is 2. The van der Waals surface area contributed by atoms with E-state index in [0.717, 1.165) is 18.1 Å². The highest BCUT2D eigenvalue weighted by molar-refractivity contribution is 5.83. The number of carboxylic acids is 1. The molecule has 29 heavy (non-hydrogen) atoms. The Labute approximate surface area is 173 Å². The quantitative estimate of drug-likeness (QED) is 0.314. The van der Waals surface area contributed by atoms with Crippen molar-refractivity contribution in [1.82, 2.24) is 10.6 Å². The molecule has 0 spiro atoms. The predicted octanol–water partition coefficient (Wildman–Crippen LogP) is 2.59. The van der Waals surface area contributed by atoms with Crippen LogP contribution >= 0.6 is 0 Å². The van der Waals surface area contributed by atoms with Crippen molar-refractivity contribution in [2.24, 2.45) is 0 Å². The van der Waals surface area contributed by atoms with Crippen LogP contribution in [0.15, 0.2) is 42.5 Å². The molecule has 1 amide bonds. The molecular formula is C22H34N2O5. The van der Waals surface area contributed by atoms with Crippen molar-refractivity contribution in [3.63, 3.8) is 0 Å². The molecule has 162 valence electrons. The van der Waals surface area contributed by atoms with Crippen molar-refractivity contribution in [3.8, 4) is 0 Å². The maximum absolute atomic E-state index is 12.8. The first-order valence-electron chi connectivity index (χ1n) is 9.98. The summed E-state index contributed by atoms with van der Waals surface area (Å²) < 4.78 is 5.43. The van der Waals surface area contributed by atoms with Crippen molar-refractivity contribution in [3.05, 3.63) is 48.0 Å². The minimum absolute atomic E-state index is 0.309. The fourth-order valence-electron chi connectivity index (χ4n) is 2.78. The zero-order chi connectivity index (χ0) is 21.9.